The summed E-state index contributed by atoms with van der Waals surface area (Å²) < 4.78 is 1.05. The van der Waals surface area contributed by atoms with Crippen molar-refractivity contribution in [3.63, 3.8) is 0 Å². The van der Waals surface area contributed by atoms with Gasteiger partial charge < -0.3 is 5.11 Å². The van der Waals surface area contributed by atoms with Crippen molar-refractivity contribution < 1.29 is 9.90 Å². The van der Waals surface area contributed by atoms with Crippen molar-refractivity contribution in [1.29, 1.82) is 0 Å². The van der Waals surface area contributed by atoms with Crippen LogP contribution >= 0.6 is 15.9 Å². The van der Waals surface area contributed by atoms with Gasteiger partial charge in [0.15, 0.2) is 0 Å². The van der Waals surface area contributed by atoms with E-state index >= 15 is 0 Å². The minimum absolute atomic E-state index is 0.0239. The first-order valence-electron chi connectivity index (χ1n) is 5.35. The summed E-state index contributed by atoms with van der Waals surface area (Å²) in [6.45, 7) is 0.0239. The molecule has 4 heteroatoms. The van der Waals surface area contributed by atoms with Crippen LogP contribution in [0.5, 0.6) is 0 Å². The maximum Gasteiger partial charge on any atom is 0.317 e. The van der Waals surface area contributed by atoms with E-state index in [1.807, 2.05) is 12.1 Å². The number of carboxylic acids is 1. The molecule has 1 aromatic carbocycles. The second kappa shape index (κ2) is 4.55. The van der Waals surface area contributed by atoms with E-state index in [-0.39, 0.29) is 12.1 Å². The normalized spacial score (nSPS) is 17.8. The molecule has 0 spiro atoms. The van der Waals surface area contributed by atoms with Crippen molar-refractivity contribution in [3.8, 4) is 0 Å². The highest BCUT2D eigenvalue weighted by atomic mass is 79.9. The van der Waals surface area contributed by atoms with Gasteiger partial charge in [-0.05, 0) is 37.0 Å². The van der Waals surface area contributed by atoms with Gasteiger partial charge in [0.25, 0.3) is 0 Å². The molecule has 0 saturated heterocycles. The summed E-state index contributed by atoms with van der Waals surface area (Å²) in [4.78, 5) is 10.6. The fraction of sp³-hybridized carbons (Fsp3) is 0.417. The summed E-state index contributed by atoms with van der Waals surface area (Å²) in [6, 6.07) is 8.10. The lowest BCUT2D eigenvalue weighted by Gasteiger charge is -2.43. The fourth-order valence-electron chi connectivity index (χ4n) is 2.11. The molecule has 0 bridgehead atoms. The monoisotopic (exact) mass is 283 g/mol. The number of rotatable bonds is 4. The highest BCUT2D eigenvalue weighted by Crippen LogP contribution is 2.41. The van der Waals surface area contributed by atoms with Crippen molar-refractivity contribution in [2.45, 2.75) is 24.8 Å². The van der Waals surface area contributed by atoms with Crippen LogP contribution in [0.4, 0.5) is 0 Å². The topological polar surface area (TPSA) is 49.3 Å². The molecule has 86 valence electrons. The zero-order valence-corrected chi connectivity index (χ0v) is 10.5. The van der Waals surface area contributed by atoms with Gasteiger partial charge in [0.05, 0.1) is 6.54 Å². The predicted octanol–water partition coefficient (Wildman–Crippen LogP) is 2.50. The lowest BCUT2D eigenvalue weighted by atomic mass is 9.72. The number of halogens is 1. The van der Waals surface area contributed by atoms with Gasteiger partial charge in [-0.1, -0.05) is 28.1 Å². The summed E-state index contributed by atoms with van der Waals surface area (Å²) in [6.07, 6.45) is 3.19. The Balaban J connectivity index is 2.14. The number of carbonyl (C=O) groups is 1. The van der Waals surface area contributed by atoms with Crippen molar-refractivity contribution >= 4 is 21.9 Å². The Kier molecular flexibility index (Phi) is 3.30. The molecule has 0 atom stereocenters. The number of benzene rings is 1. The van der Waals surface area contributed by atoms with Gasteiger partial charge >= 0.3 is 5.97 Å². The number of aliphatic carboxylic acids is 1. The quantitative estimate of drug-likeness (QED) is 0.893. The molecule has 0 amide bonds. The summed E-state index contributed by atoms with van der Waals surface area (Å²) in [7, 11) is 0. The molecular formula is C12H14BrNO2. The molecule has 1 aliphatic rings. The number of carboxylic acid groups (broad SMARTS) is 1. The number of nitrogens with one attached hydrogen (secondary N) is 1. The molecule has 0 heterocycles. The Hall–Kier alpha value is -0.870. The van der Waals surface area contributed by atoms with Crippen LogP contribution in [-0.2, 0) is 10.3 Å². The predicted molar refractivity (Wildman–Crippen MR) is 65.3 cm³/mol. The van der Waals surface area contributed by atoms with Crippen molar-refractivity contribution in [1.82, 2.24) is 5.32 Å². The minimum atomic E-state index is -0.802. The molecular weight excluding hydrogens is 270 g/mol. The van der Waals surface area contributed by atoms with Gasteiger partial charge in [0, 0.05) is 10.0 Å². The first kappa shape index (κ1) is 11.6. The Bertz CT molecular complexity index is 385. The second-order valence-corrected chi connectivity index (χ2v) is 5.11. The van der Waals surface area contributed by atoms with Gasteiger partial charge in [0.1, 0.15) is 0 Å². The van der Waals surface area contributed by atoms with E-state index in [0.29, 0.717) is 0 Å². The van der Waals surface area contributed by atoms with Crippen LogP contribution in [0, 0.1) is 0 Å². The molecule has 0 aliphatic heterocycles. The number of hydrogen-bond donors (Lipinski definition) is 2. The zero-order chi connectivity index (χ0) is 11.6. The van der Waals surface area contributed by atoms with Gasteiger partial charge in [-0.2, -0.15) is 0 Å². The molecule has 1 saturated carbocycles. The third-order valence-corrected chi connectivity index (χ3v) is 3.71. The first-order valence-corrected chi connectivity index (χ1v) is 6.15. The summed E-state index contributed by atoms with van der Waals surface area (Å²) >= 11 is 3.40. The van der Waals surface area contributed by atoms with Crippen molar-refractivity contribution in [2.24, 2.45) is 0 Å². The molecule has 3 nitrogen and oxygen atoms in total. The summed E-state index contributed by atoms with van der Waals surface area (Å²) in [5, 5.41) is 11.9. The highest BCUT2D eigenvalue weighted by Gasteiger charge is 2.38. The van der Waals surface area contributed by atoms with E-state index in [0.717, 1.165) is 23.7 Å². The maximum absolute atomic E-state index is 10.6. The van der Waals surface area contributed by atoms with Crippen molar-refractivity contribution in [3.05, 3.63) is 34.3 Å². The molecule has 0 radical (unpaired) electrons. The van der Waals surface area contributed by atoms with Crippen molar-refractivity contribution in [2.75, 3.05) is 6.54 Å². The lowest BCUT2D eigenvalue weighted by molar-refractivity contribution is -0.136. The Morgan fingerprint density at radius 3 is 2.44 bits per heavy atom. The van der Waals surface area contributed by atoms with Crippen LogP contribution in [-0.4, -0.2) is 17.6 Å². The van der Waals surface area contributed by atoms with Gasteiger partial charge in [-0.25, -0.2) is 0 Å². The smallest absolute Gasteiger partial charge is 0.317 e. The van der Waals surface area contributed by atoms with Crippen LogP contribution < -0.4 is 5.32 Å². The number of hydrogen-bond acceptors (Lipinski definition) is 2. The average molecular weight is 284 g/mol. The van der Waals surface area contributed by atoms with Gasteiger partial charge in [0.2, 0.25) is 0 Å². The largest absolute Gasteiger partial charge is 0.480 e. The Morgan fingerprint density at radius 2 is 2.00 bits per heavy atom. The highest BCUT2D eigenvalue weighted by molar-refractivity contribution is 9.10. The van der Waals surface area contributed by atoms with E-state index in [1.165, 1.54) is 5.56 Å². The van der Waals surface area contributed by atoms with E-state index in [2.05, 4.69) is 33.4 Å². The van der Waals surface area contributed by atoms with E-state index < -0.39 is 5.97 Å². The molecule has 16 heavy (non-hydrogen) atoms. The van der Waals surface area contributed by atoms with Gasteiger partial charge in [-0.15, -0.1) is 0 Å². The first-order chi connectivity index (χ1) is 7.62. The maximum atomic E-state index is 10.6. The third-order valence-electron chi connectivity index (χ3n) is 3.18. The van der Waals surface area contributed by atoms with Crippen LogP contribution in [0.2, 0.25) is 0 Å². The second-order valence-electron chi connectivity index (χ2n) is 4.19. The third kappa shape index (κ3) is 2.28. The molecule has 1 fully saturated rings. The lowest BCUT2D eigenvalue weighted by Crippen LogP contribution is -2.49. The zero-order valence-electron chi connectivity index (χ0n) is 8.87. The average Bonchev–Trinajstić information content (AvgIpc) is 2.18. The molecule has 2 rings (SSSR count). The standard InChI is InChI=1S/C12H14BrNO2/c13-10-4-2-9(3-5-10)12(6-1-7-12)14-8-11(15)16/h2-5,14H,1,6-8H2,(H,15,16). The molecule has 0 unspecified atom stereocenters. The fourth-order valence-corrected chi connectivity index (χ4v) is 2.38. The van der Waals surface area contributed by atoms with E-state index in [4.69, 9.17) is 5.11 Å². The molecule has 1 aliphatic carbocycles. The molecule has 0 aromatic heterocycles. The van der Waals surface area contributed by atoms with Crippen LogP contribution in [0.1, 0.15) is 24.8 Å². The van der Waals surface area contributed by atoms with E-state index in [1.54, 1.807) is 0 Å². The Labute approximate surface area is 103 Å². The van der Waals surface area contributed by atoms with Gasteiger partial charge in [-0.3, -0.25) is 10.1 Å². The van der Waals surface area contributed by atoms with Crippen LogP contribution in [0.25, 0.3) is 0 Å². The Morgan fingerprint density at radius 1 is 1.38 bits per heavy atom. The molecule has 1 aromatic rings. The van der Waals surface area contributed by atoms with Crippen LogP contribution in [0.3, 0.4) is 0 Å². The summed E-state index contributed by atoms with van der Waals surface area (Å²) in [5.41, 5.74) is 1.07. The summed E-state index contributed by atoms with van der Waals surface area (Å²) in [5.74, 6) is -0.802. The van der Waals surface area contributed by atoms with Crippen LogP contribution in [0.15, 0.2) is 28.7 Å². The molecule has 2 N–H and O–H groups in total. The van der Waals surface area contributed by atoms with E-state index in [9.17, 15) is 4.79 Å². The minimum Gasteiger partial charge on any atom is -0.480 e. The SMILES string of the molecule is O=C(O)CNC1(c2ccc(Br)cc2)CCC1.